The van der Waals surface area contributed by atoms with Crippen LogP contribution in [0.4, 0.5) is 0 Å². The molecule has 0 aliphatic carbocycles. The van der Waals surface area contributed by atoms with Crippen molar-refractivity contribution < 1.29 is 28.8 Å². The van der Waals surface area contributed by atoms with Gasteiger partial charge >= 0.3 is 0 Å². The van der Waals surface area contributed by atoms with Gasteiger partial charge in [-0.3, -0.25) is 0 Å². The van der Waals surface area contributed by atoms with Gasteiger partial charge in [-0.15, -0.1) is 12.3 Å². The molecule has 0 bridgehead atoms. The van der Waals surface area contributed by atoms with Gasteiger partial charge in [0.15, 0.2) is 0 Å². The number of rotatable bonds is 18. The van der Waals surface area contributed by atoms with Crippen LogP contribution in [-0.4, -0.2) is 62.6 Å². The lowest BCUT2D eigenvalue weighted by Crippen LogP contribution is -2.29. The number of benzene rings is 1. The molecular formula is C38H52O6. The van der Waals surface area contributed by atoms with Crippen LogP contribution in [0.3, 0.4) is 0 Å². The average Bonchev–Trinajstić information content (AvgIpc) is 3.00. The molecule has 1 aromatic rings. The summed E-state index contributed by atoms with van der Waals surface area (Å²) in [5, 5.41) is 10.8. The van der Waals surface area contributed by atoms with Gasteiger partial charge in [-0.2, -0.15) is 0 Å². The molecule has 0 spiro atoms. The van der Waals surface area contributed by atoms with E-state index in [0.29, 0.717) is 38.4 Å². The zero-order valence-electron chi connectivity index (χ0n) is 27.0. The Morgan fingerprint density at radius 3 is 2.70 bits per heavy atom. The molecule has 0 fully saturated rings. The van der Waals surface area contributed by atoms with E-state index in [0.717, 1.165) is 42.6 Å². The van der Waals surface area contributed by atoms with E-state index in [1.807, 2.05) is 42.5 Å². The lowest BCUT2D eigenvalue weighted by Gasteiger charge is -2.27. The number of hydrogen-bond donors (Lipinski definition) is 1. The summed E-state index contributed by atoms with van der Waals surface area (Å²) in [5.74, 6) is 3.89. The first kappa shape index (κ1) is 35.6. The SMILES string of the molecule is C#CC[C@@H]1C=CC[C@@H](C[C@@H](C)CC(=C)CC(O)/C=C/C[C@H](OCc2ccc(OC)cc2)[C@H](/C=C/[C@@H]2CC(C)=CCO2)OC)O1. The third kappa shape index (κ3) is 13.0. The number of hydrogen-bond acceptors (Lipinski definition) is 6. The van der Waals surface area contributed by atoms with Crippen molar-refractivity contribution in [1.29, 1.82) is 0 Å². The Kier molecular flexibility index (Phi) is 15.7. The van der Waals surface area contributed by atoms with E-state index in [9.17, 15) is 5.11 Å². The number of ether oxygens (including phenoxy) is 5. The fourth-order valence-corrected chi connectivity index (χ4v) is 5.66. The molecule has 240 valence electrons. The summed E-state index contributed by atoms with van der Waals surface area (Å²) in [6.45, 7) is 9.65. The van der Waals surface area contributed by atoms with Gasteiger partial charge in [0.05, 0.1) is 50.8 Å². The second kappa shape index (κ2) is 19.5. The molecule has 2 heterocycles. The minimum absolute atomic E-state index is 0.0141. The van der Waals surface area contributed by atoms with E-state index in [2.05, 4.69) is 50.7 Å². The normalized spacial score (nSPS) is 23.2. The Labute approximate surface area is 265 Å². The van der Waals surface area contributed by atoms with E-state index >= 15 is 0 Å². The van der Waals surface area contributed by atoms with Crippen LogP contribution < -0.4 is 4.74 Å². The van der Waals surface area contributed by atoms with Crippen molar-refractivity contribution in [2.45, 2.75) is 102 Å². The van der Waals surface area contributed by atoms with Crippen LogP contribution in [0.25, 0.3) is 0 Å². The second-order valence-corrected chi connectivity index (χ2v) is 12.0. The van der Waals surface area contributed by atoms with Crippen molar-refractivity contribution >= 4 is 0 Å². The first-order valence-corrected chi connectivity index (χ1v) is 15.8. The van der Waals surface area contributed by atoms with E-state index in [1.165, 1.54) is 5.57 Å². The number of terminal acetylenes is 1. The molecule has 2 aliphatic heterocycles. The smallest absolute Gasteiger partial charge is 0.118 e. The summed E-state index contributed by atoms with van der Waals surface area (Å²) in [5.41, 5.74) is 3.40. The molecule has 2 aliphatic rings. The van der Waals surface area contributed by atoms with Crippen LogP contribution in [-0.2, 0) is 25.6 Å². The molecule has 6 nitrogen and oxygen atoms in total. The standard InChI is InChI=1S/C38H52O6/c1-7-10-34-12-9-13-36(44-34)26-30(4)23-29(3)24-32(39)11-8-14-38(43-27-31-15-17-33(40-5)18-16-31)37(41-6)20-19-35-25-28(2)21-22-42-35/h1,8-9,11-12,15-21,30,32,34-39H,3,10,13-14,22-27H2,2,4-6H3/b11-8+,20-19+/t30-,32?,34+,35+,36-,37-,38-/m0/s1. The van der Waals surface area contributed by atoms with E-state index < -0.39 is 6.10 Å². The Morgan fingerprint density at radius 2 is 2.00 bits per heavy atom. The molecule has 1 N–H and O–H groups in total. The fourth-order valence-electron chi connectivity index (χ4n) is 5.66. The molecule has 7 atom stereocenters. The van der Waals surface area contributed by atoms with Crippen molar-refractivity contribution in [3.05, 3.63) is 90.1 Å². The highest BCUT2D eigenvalue weighted by Gasteiger charge is 2.22. The molecule has 3 rings (SSSR count). The summed E-state index contributed by atoms with van der Waals surface area (Å²) in [6, 6.07) is 7.85. The number of aliphatic hydroxyl groups is 1. The molecule has 44 heavy (non-hydrogen) atoms. The molecule has 0 saturated carbocycles. The van der Waals surface area contributed by atoms with Crippen molar-refractivity contribution in [2.24, 2.45) is 5.92 Å². The van der Waals surface area contributed by atoms with Crippen LogP contribution in [0, 0.1) is 18.3 Å². The summed E-state index contributed by atoms with van der Waals surface area (Å²) in [4.78, 5) is 0. The quantitative estimate of drug-likeness (QED) is 0.140. The van der Waals surface area contributed by atoms with Gasteiger partial charge < -0.3 is 28.8 Å². The third-order valence-corrected chi connectivity index (χ3v) is 8.01. The highest BCUT2D eigenvalue weighted by Crippen LogP contribution is 2.26. The van der Waals surface area contributed by atoms with Crippen LogP contribution in [0.2, 0.25) is 0 Å². The lowest BCUT2D eigenvalue weighted by atomic mass is 9.91. The molecule has 0 saturated heterocycles. The van der Waals surface area contributed by atoms with Crippen molar-refractivity contribution in [3.63, 3.8) is 0 Å². The van der Waals surface area contributed by atoms with Crippen molar-refractivity contribution in [2.75, 3.05) is 20.8 Å². The highest BCUT2D eigenvalue weighted by molar-refractivity contribution is 5.26. The minimum atomic E-state index is -0.618. The lowest BCUT2D eigenvalue weighted by molar-refractivity contribution is -0.0420. The molecule has 0 aromatic heterocycles. The van der Waals surface area contributed by atoms with Crippen LogP contribution in [0.1, 0.15) is 64.4 Å². The van der Waals surface area contributed by atoms with Gasteiger partial charge in [0, 0.05) is 13.5 Å². The summed E-state index contributed by atoms with van der Waals surface area (Å²) in [7, 11) is 3.35. The Balaban J connectivity index is 1.53. The zero-order chi connectivity index (χ0) is 31.7. The topological polar surface area (TPSA) is 66.4 Å². The molecule has 1 unspecified atom stereocenters. The van der Waals surface area contributed by atoms with Gasteiger partial charge in [-0.1, -0.05) is 79.3 Å². The Morgan fingerprint density at radius 1 is 1.20 bits per heavy atom. The largest absolute Gasteiger partial charge is 0.497 e. The molecule has 1 aromatic carbocycles. The van der Waals surface area contributed by atoms with Gasteiger partial charge in [-0.05, 0) is 69.1 Å². The third-order valence-electron chi connectivity index (χ3n) is 8.01. The van der Waals surface area contributed by atoms with Gasteiger partial charge in [-0.25, -0.2) is 0 Å². The van der Waals surface area contributed by atoms with Crippen molar-refractivity contribution in [1.82, 2.24) is 0 Å². The van der Waals surface area contributed by atoms with E-state index in [1.54, 1.807) is 14.2 Å². The van der Waals surface area contributed by atoms with Crippen LogP contribution in [0.15, 0.2) is 84.5 Å². The predicted molar refractivity (Wildman–Crippen MR) is 177 cm³/mol. The maximum Gasteiger partial charge on any atom is 0.118 e. The summed E-state index contributed by atoms with van der Waals surface area (Å²) < 4.78 is 29.5. The monoisotopic (exact) mass is 604 g/mol. The Bertz CT molecular complexity index is 1160. The van der Waals surface area contributed by atoms with Crippen LogP contribution in [0.5, 0.6) is 5.75 Å². The minimum Gasteiger partial charge on any atom is -0.497 e. The van der Waals surface area contributed by atoms with Gasteiger partial charge in [0.1, 0.15) is 11.9 Å². The fraction of sp³-hybridized carbons (Fsp3) is 0.526. The summed E-state index contributed by atoms with van der Waals surface area (Å²) in [6.07, 6.45) is 24.1. The van der Waals surface area contributed by atoms with E-state index in [-0.39, 0.29) is 30.5 Å². The summed E-state index contributed by atoms with van der Waals surface area (Å²) >= 11 is 0. The maximum atomic E-state index is 10.8. The van der Waals surface area contributed by atoms with Gasteiger partial charge in [0.25, 0.3) is 0 Å². The number of methoxy groups -OCH3 is 2. The Hall–Kier alpha value is -2.92. The van der Waals surface area contributed by atoms with Gasteiger partial charge in [0.2, 0.25) is 0 Å². The first-order valence-electron chi connectivity index (χ1n) is 15.8. The number of aliphatic hydroxyl groups excluding tert-OH is 1. The first-order chi connectivity index (χ1) is 21.3. The molecule has 0 radical (unpaired) electrons. The molecule has 0 amide bonds. The zero-order valence-corrected chi connectivity index (χ0v) is 27.0. The predicted octanol–water partition coefficient (Wildman–Crippen LogP) is 7.29. The molecular weight excluding hydrogens is 552 g/mol. The average molecular weight is 605 g/mol. The maximum absolute atomic E-state index is 10.8. The van der Waals surface area contributed by atoms with Crippen molar-refractivity contribution in [3.8, 4) is 18.1 Å². The second-order valence-electron chi connectivity index (χ2n) is 12.0. The van der Waals surface area contributed by atoms with Crippen LogP contribution >= 0.6 is 0 Å². The van der Waals surface area contributed by atoms with E-state index in [4.69, 9.17) is 30.1 Å². The highest BCUT2D eigenvalue weighted by atomic mass is 16.5. The molecule has 6 heteroatoms.